The molecule has 3 aliphatic rings. The van der Waals surface area contributed by atoms with E-state index < -0.39 is 74.3 Å². The summed E-state index contributed by atoms with van der Waals surface area (Å²) in [6.07, 6.45) is -14.4. The van der Waals surface area contributed by atoms with Crippen molar-refractivity contribution in [3.05, 3.63) is 35.4 Å². The maximum absolute atomic E-state index is 10.6. The second-order valence-electron chi connectivity index (χ2n) is 8.03. The monoisotopic (exact) mass is 444 g/mol. The number of hydrogen-bond donors (Lipinski definition) is 6. The van der Waals surface area contributed by atoms with E-state index in [1.54, 1.807) is 0 Å². The first-order valence-electron chi connectivity index (χ1n) is 10.1. The predicted molar refractivity (Wildman–Crippen MR) is 100 cm³/mol. The van der Waals surface area contributed by atoms with Crippen molar-refractivity contribution in [1.82, 2.24) is 0 Å². The van der Waals surface area contributed by atoms with Crippen molar-refractivity contribution in [2.24, 2.45) is 0 Å². The lowest BCUT2D eigenvalue weighted by atomic mass is 9.97. The van der Waals surface area contributed by atoms with Crippen LogP contribution in [0.15, 0.2) is 24.3 Å². The Morgan fingerprint density at radius 3 is 2.16 bits per heavy atom. The first-order chi connectivity index (χ1) is 14.8. The molecule has 0 radical (unpaired) electrons. The molecule has 11 heteroatoms. The third-order valence-electron chi connectivity index (χ3n) is 5.80. The summed E-state index contributed by atoms with van der Waals surface area (Å²) in [6, 6.07) is 7.50. The van der Waals surface area contributed by atoms with Gasteiger partial charge in [-0.25, -0.2) is 0 Å². The Balaban J connectivity index is 1.42. The highest BCUT2D eigenvalue weighted by Crippen LogP contribution is 2.35. The smallest absolute Gasteiger partial charge is 0.189 e. The van der Waals surface area contributed by atoms with Gasteiger partial charge in [-0.3, -0.25) is 0 Å². The van der Waals surface area contributed by atoms with Gasteiger partial charge in [0.1, 0.15) is 48.8 Å². The van der Waals surface area contributed by atoms with Crippen molar-refractivity contribution < 1.29 is 54.3 Å². The van der Waals surface area contributed by atoms with Crippen LogP contribution in [-0.2, 0) is 23.7 Å². The molecule has 1 unspecified atom stereocenters. The van der Waals surface area contributed by atoms with Gasteiger partial charge in [-0.15, -0.1) is 0 Å². The van der Waals surface area contributed by atoms with Crippen LogP contribution in [-0.4, -0.2) is 105 Å². The average molecular weight is 444 g/mol. The highest BCUT2D eigenvalue weighted by Gasteiger charge is 2.52. The number of hydrogen-bond acceptors (Lipinski definition) is 11. The maximum Gasteiger partial charge on any atom is 0.189 e. The van der Waals surface area contributed by atoms with E-state index in [1.807, 2.05) is 31.2 Å². The Morgan fingerprint density at radius 2 is 1.48 bits per heavy atom. The molecule has 1 aromatic rings. The van der Waals surface area contributed by atoms with Crippen LogP contribution in [0.1, 0.15) is 17.4 Å². The SMILES string of the molecule is Cc1ccc(C2OC[C@H]3O[C@H](O[C@H]4O[C@H](CO)[C@@H](O)[C@H](O)[C@H]4O)[C@H](O)[C@@H](O)[C@@H]3O2)cc1. The van der Waals surface area contributed by atoms with Crippen LogP contribution in [0.3, 0.4) is 0 Å². The molecule has 0 spiro atoms. The molecule has 0 aromatic heterocycles. The van der Waals surface area contributed by atoms with Crippen LogP contribution in [0, 0.1) is 6.92 Å². The normalized spacial score (nSPS) is 45.8. The molecule has 174 valence electrons. The Morgan fingerprint density at radius 1 is 0.839 bits per heavy atom. The van der Waals surface area contributed by atoms with Crippen molar-refractivity contribution in [2.45, 2.75) is 74.6 Å². The minimum Gasteiger partial charge on any atom is -0.394 e. The van der Waals surface area contributed by atoms with Gasteiger partial charge in [-0.1, -0.05) is 29.8 Å². The fraction of sp³-hybridized carbons (Fsp3) is 0.700. The van der Waals surface area contributed by atoms with E-state index in [4.69, 9.17) is 23.7 Å². The first-order valence-corrected chi connectivity index (χ1v) is 10.1. The van der Waals surface area contributed by atoms with Crippen LogP contribution >= 0.6 is 0 Å². The van der Waals surface area contributed by atoms with Crippen LogP contribution in [0.2, 0.25) is 0 Å². The van der Waals surface area contributed by atoms with Crippen molar-refractivity contribution in [3.8, 4) is 0 Å². The third-order valence-corrected chi connectivity index (χ3v) is 5.80. The lowest BCUT2D eigenvalue weighted by molar-refractivity contribution is -0.399. The van der Waals surface area contributed by atoms with Gasteiger partial charge in [0.05, 0.1) is 13.2 Å². The number of rotatable bonds is 4. The minimum absolute atomic E-state index is 0.0432. The standard InChI is InChI=1S/C20H28O11/c1-8-2-4-9(5-3-8)18-27-7-11-17(30-18)14(24)16(26)20(29-11)31-19-15(25)13(23)12(22)10(6-21)28-19/h2-5,10-26H,6-7H2,1H3/t10-,11-,12-,13+,14-,15-,16-,17-,18?,19-,20-/m1/s1. The molecule has 31 heavy (non-hydrogen) atoms. The zero-order valence-corrected chi connectivity index (χ0v) is 16.8. The second kappa shape index (κ2) is 9.33. The van der Waals surface area contributed by atoms with Crippen molar-refractivity contribution in [1.29, 1.82) is 0 Å². The number of benzene rings is 1. The number of aryl methyl sites for hydroxylation is 1. The quantitative estimate of drug-likeness (QED) is 0.295. The molecule has 3 heterocycles. The van der Waals surface area contributed by atoms with E-state index in [2.05, 4.69) is 0 Å². The molecule has 3 fully saturated rings. The molecule has 0 aliphatic carbocycles. The van der Waals surface area contributed by atoms with E-state index in [9.17, 15) is 30.6 Å². The number of ether oxygens (including phenoxy) is 5. The molecular weight excluding hydrogens is 416 g/mol. The van der Waals surface area contributed by atoms with Gasteiger partial charge in [0.25, 0.3) is 0 Å². The zero-order chi connectivity index (χ0) is 22.3. The Bertz CT molecular complexity index is 726. The Labute approximate surface area is 178 Å². The number of fused-ring (bicyclic) bond motifs is 1. The summed E-state index contributed by atoms with van der Waals surface area (Å²) >= 11 is 0. The lowest BCUT2D eigenvalue weighted by Gasteiger charge is -2.48. The van der Waals surface area contributed by atoms with Crippen molar-refractivity contribution >= 4 is 0 Å². The van der Waals surface area contributed by atoms with Crippen LogP contribution in [0.4, 0.5) is 0 Å². The summed E-state index contributed by atoms with van der Waals surface area (Å²) in [7, 11) is 0. The molecule has 1 aromatic carbocycles. The lowest BCUT2D eigenvalue weighted by Crippen LogP contribution is -2.65. The summed E-state index contributed by atoms with van der Waals surface area (Å²) in [5.74, 6) is 0. The highest BCUT2D eigenvalue weighted by atomic mass is 16.8. The summed E-state index contributed by atoms with van der Waals surface area (Å²) in [5, 5.41) is 60.3. The minimum atomic E-state index is -1.67. The van der Waals surface area contributed by atoms with Gasteiger partial charge in [-0.05, 0) is 6.92 Å². The first kappa shape index (κ1) is 23.0. The molecule has 3 saturated heterocycles. The van der Waals surface area contributed by atoms with E-state index in [-0.39, 0.29) is 6.61 Å². The van der Waals surface area contributed by atoms with E-state index >= 15 is 0 Å². The molecule has 11 atom stereocenters. The van der Waals surface area contributed by atoms with Gasteiger partial charge in [0.2, 0.25) is 0 Å². The average Bonchev–Trinajstić information content (AvgIpc) is 2.78. The predicted octanol–water partition coefficient (Wildman–Crippen LogP) is -2.33. The van der Waals surface area contributed by atoms with Crippen LogP contribution in [0.5, 0.6) is 0 Å². The molecule has 0 bridgehead atoms. The fourth-order valence-corrected chi connectivity index (χ4v) is 3.89. The van der Waals surface area contributed by atoms with E-state index in [1.165, 1.54) is 0 Å². The summed E-state index contributed by atoms with van der Waals surface area (Å²) in [4.78, 5) is 0. The second-order valence-corrected chi connectivity index (χ2v) is 8.03. The summed E-state index contributed by atoms with van der Waals surface area (Å²) in [5.41, 5.74) is 1.83. The summed E-state index contributed by atoms with van der Waals surface area (Å²) in [6.45, 7) is 1.36. The third kappa shape index (κ3) is 4.49. The van der Waals surface area contributed by atoms with Gasteiger partial charge in [0, 0.05) is 5.56 Å². The molecule has 6 N–H and O–H groups in total. The van der Waals surface area contributed by atoms with Crippen LogP contribution < -0.4 is 0 Å². The fourth-order valence-electron chi connectivity index (χ4n) is 3.89. The number of aliphatic hydroxyl groups excluding tert-OH is 6. The molecule has 0 saturated carbocycles. The molecule has 0 amide bonds. The largest absolute Gasteiger partial charge is 0.394 e. The van der Waals surface area contributed by atoms with E-state index in [0.29, 0.717) is 0 Å². The molecule has 4 rings (SSSR count). The van der Waals surface area contributed by atoms with Crippen LogP contribution in [0.25, 0.3) is 0 Å². The van der Waals surface area contributed by atoms with Gasteiger partial charge < -0.3 is 54.3 Å². The number of aliphatic hydroxyl groups is 6. The van der Waals surface area contributed by atoms with Gasteiger partial charge in [-0.2, -0.15) is 0 Å². The van der Waals surface area contributed by atoms with Crippen molar-refractivity contribution in [2.75, 3.05) is 13.2 Å². The van der Waals surface area contributed by atoms with Gasteiger partial charge >= 0.3 is 0 Å². The highest BCUT2D eigenvalue weighted by molar-refractivity contribution is 5.22. The molecule has 11 nitrogen and oxygen atoms in total. The molecule has 3 aliphatic heterocycles. The van der Waals surface area contributed by atoms with E-state index in [0.717, 1.165) is 11.1 Å². The maximum atomic E-state index is 10.6. The zero-order valence-electron chi connectivity index (χ0n) is 16.8. The topological polar surface area (TPSA) is 168 Å². The summed E-state index contributed by atoms with van der Waals surface area (Å²) < 4.78 is 27.9. The Kier molecular flexibility index (Phi) is 6.91. The Hall–Kier alpha value is -1.22. The van der Waals surface area contributed by atoms with Crippen molar-refractivity contribution in [3.63, 3.8) is 0 Å². The molecular formula is C20H28O11. The van der Waals surface area contributed by atoms with Gasteiger partial charge in [0.15, 0.2) is 18.9 Å².